The lowest BCUT2D eigenvalue weighted by Crippen LogP contribution is -2.41. The second kappa shape index (κ2) is 42.6. The number of benzene rings is 5. The van der Waals surface area contributed by atoms with Gasteiger partial charge in [-0.3, -0.25) is 0 Å². The van der Waals surface area contributed by atoms with Gasteiger partial charge in [-0.25, -0.2) is 4.39 Å². The van der Waals surface area contributed by atoms with E-state index in [1.54, 1.807) is 0 Å². The number of aliphatic hydroxyl groups excluding tert-OH is 2. The van der Waals surface area contributed by atoms with Crippen molar-refractivity contribution in [2.24, 2.45) is 0 Å². The zero-order valence-corrected chi connectivity index (χ0v) is 67.7. The fraction of sp³-hybridized carbons (Fsp3) is 0.615. The monoisotopic (exact) mass is 1660 g/mol. The maximum absolute atomic E-state index is 13.0. The Morgan fingerprint density at radius 3 is 0.864 bits per heavy atom. The minimum Gasteiger partial charge on any atom is -0.495 e. The number of nitrogens with zero attached hydrogens (tertiary/aromatic N) is 4. The third-order valence-corrected chi connectivity index (χ3v) is 29.6. The van der Waals surface area contributed by atoms with Gasteiger partial charge in [-0.1, -0.05) is 96.7 Å². The van der Waals surface area contributed by atoms with Gasteiger partial charge in [0, 0.05) is 93.5 Å². The summed E-state index contributed by atoms with van der Waals surface area (Å²) in [6.07, 6.45) is -15.7. The van der Waals surface area contributed by atoms with Gasteiger partial charge < -0.3 is 57.3 Å². The highest BCUT2D eigenvalue weighted by Gasteiger charge is 2.39. The van der Waals surface area contributed by atoms with Crippen molar-refractivity contribution < 1.29 is 108 Å². The van der Waals surface area contributed by atoms with Crippen LogP contribution in [-0.2, 0) is 56.6 Å². The van der Waals surface area contributed by atoms with Gasteiger partial charge in [0.2, 0.25) is 0 Å². The van der Waals surface area contributed by atoms with Gasteiger partial charge in [0.25, 0.3) is 0 Å². The maximum atomic E-state index is 13.0. The van der Waals surface area contributed by atoms with Crippen molar-refractivity contribution in [3.05, 3.63) is 136 Å². The number of piperidine rings is 4. The fourth-order valence-electron chi connectivity index (χ4n) is 11.7. The van der Waals surface area contributed by atoms with Gasteiger partial charge >= 0.3 is 30.9 Å². The largest absolute Gasteiger partial charge is 0.495 e. The van der Waals surface area contributed by atoms with Gasteiger partial charge in [0.15, 0.2) is 38.7 Å². The number of rotatable bonds is 15. The van der Waals surface area contributed by atoms with Crippen molar-refractivity contribution in [1.29, 1.82) is 0 Å². The molecule has 0 radical (unpaired) electrons. The van der Waals surface area contributed by atoms with Crippen LogP contribution in [0.5, 0.6) is 17.2 Å². The summed E-state index contributed by atoms with van der Waals surface area (Å²) in [7, 11) is 0.205. The van der Waals surface area contributed by atoms with Crippen LogP contribution in [0.1, 0.15) is 175 Å². The maximum Gasteiger partial charge on any atom is 0.416 e. The molecule has 4 fully saturated rings. The number of alkyl halides is 16. The second-order valence-corrected chi connectivity index (χ2v) is 40.4. The standard InChI is InChI=1S/C18H27ClF3NOSi.2C18H28F3NO2Si.C13H16F3NO2.C8H6F4O.3CH4/c1-17(2,3)25(4)24-15-7-9-23(10-8-15)16-11-14(18(20,21)22)6-5-13(16)12-19;1-17(2,3)25(5)24-14-8-10-22(11-9-14)15-12-13(18(19,20)21)6-7-16(15)23-4;1-17(2,3)25(4)24-15-7-9-22(10-8-15)16-11-14(18(19,20)21)6-5-13(16)12-23;1-19-12-3-2-9(13(14,15)16)8-11(12)17-6-4-10(18)5-7-17;1-13-7-3-2-5(4-6(7)9)8(10,11)12;;;/h5-6,11,15,25H,7-10,12H2,1-4H3;6-7,12,14,25H,8-11H2,1-5H3;5-6,11,15,23,25H,7-10,12H2,1-4H3;2-3,8,10,18H,4-7H2,1H3;2-4H,1H3;3*1H4. The first-order chi connectivity index (χ1) is 49.4. The summed E-state index contributed by atoms with van der Waals surface area (Å²) >= 11 is 5.94. The molecule has 4 heterocycles. The van der Waals surface area contributed by atoms with E-state index >= 15 is 0 Å². The Bertz CT molecular complexity index is 3300. The van der Waals surface area contributed by atoms with E-state index in [0.29, 0.717) is 111 Å². The number of anilines is 4. The molecule has 628 valence electrons. The predicted molar refractivity (Wildman–Crippen MR) is 417 cm³/mol. The van der Waals surface area contributed by atoms with Gasteiger partial charge in [0.05, 0.1) is 73.2 Å². The topological polar surface area (TPSA) is 109 Å². The highest BCUT2D eigenvalue weighted by molar-refractivity contribution is 6.54. The normalized spacial score (nSPS) is 17.0. The Hall–Kier alpha value is -5.68. The number of hydrogen-bond donors (Lipinski definition) is 2. The van der Waals surface area contributed by atoms with Crippen molar-refractivity contribution in [2.75, 3.05) is 93.3 Å². The zero-order chi connectivity index (χ0) is 80.6. The average Bonchev–Trinajstić information content (AvgIpc) is 0.461. The molecule has 5 aromatic rings. The quantitative estimate of drug-likeness (QED) is 0.0592. The summed E-state index contributed by atoms with van der Waals surface area (Å²) in [6, 6.07) is 16.6. The number of hydrogen-bond acceptors (Lipinski definition) is 12. The number of halogens is 17. The SMILES string of the molecule is C.C.C.COc1ccc(C(F)(F)F)cc1F.COc1ccc(C(F)(F)F)cc1N1CCC(O)CC1.COc1ccc(C(F)(F)F)cc1N1CCC(O[SiH](C)C(C)(C)C)CC1.C[SiH](OC1CCN(c2cc(C(F)(F)F)ccc2CCl)CC1)C(C)(C)C.C[SiH](OC1CCN(c2cc(C(F)(F)F)ccc2CO)CC1)C(C)(C)C. The molecule has 3 atom stereocenters. The molecule has 0 spiro atoms. The van der Waals surface area contributed by atoms with Crippen LogP contribution in [0, 0.1) is 5.82 Å². The molecule has 3 unspecified atom stereocenters. The Balaban J connectivity index is 0.000000470. The van der Waals surface area contributed by atoms with E-state index in [9.17, 15) is 80.5 Å². The summed E-state index contributed by atoms with van der Waals surface area (Å²) in [5.41, 5.74) is -0.343. The van der Waals surface area contributed by atoms with Crippen LogP contribution in [-0.4, -0.2) is 135 Å². The summed E-state index contributed by atoms with van der Waals surface area (Å²) in [6.45, 7) is 31.2. The Kier molecular flexibility index (Phi) is 38.9. The summed E-state index contributed by atoms with van der Waals surface area (Å²) in [5.74, 6) is -0.114. The van der Waals surface area contributed by atoms with Crippen molar-refractivity contribution >= 4 is 61.5 Å². The van der Waals surface area contributed by atoms with E-state index in [1.807, 2.05) is 19.6 Å². The molecule has 110 heavy (non-hydrogen) atoms. The Morgan fingerprint density at radius 2 is 0.609 bits per heavy atom. The van der Waals surface area contributed by atoms with Crippen molar-refractivity contribution in [3.8, 4) is 17.2 Å². The lowest BCUT2D eigenvalue weighted by molar-refractivity contribution is -0.138. The van der Waals surface area contributed by atoms with Gasteiger partial charge in [-0.05, 0) is 171 Å². The zero-order valence-electron chi connectivity index (χ0n) is 63.5. The molecule has 0 aliphatic carbocycles. The third kappa shape index (κ3) is 30.6. The lowest BCUT2D eigenvalue weighted by atomic mass is 10.0. The molecular formula is C78H117ClF16N4O8Si3. The molecule has 32 heteroatoms. The van der Waals surface area contributed by atoms with E-state index < -0.39 is 91.6 Å². The van der Waals surface area contributed by atoms with Crippen LogP contribution >= 0.6 is 11.6 Å². The molecule has 12 nitrogen and oxygen atoms in total. The number of ether oxygens (including phenoxy) is 3. The molecule has 2 N–H and O–H groups in total. The average molecular weight is 1660 g/mol. The highest BCUT2D eigenvalue weighted by atomic mass is 35.5. The molecule has 4 aliphatic heterocycles. The lowest BCUT2D eigenvalue weighted by Gasteiger charge is -2.38. The van der Waals surface area contributed by atoms with Crippen LogP contribution < -0.4 is 33.8 Å². The minimum absolute atomic E-state index is 0. The van der Waals surface area contributed by atoms with Crippen molar-refractivity contribution in [1.82, 2.24) is 0 Å². The Labute approximate surface area is 651 Å². The smallest absolute Gasteiger partial charge is 0.416 e. The molecule has 9 rings (SSSR count). The first-order valence-corrected chi connectivity index (χ1v) is 42.7. The minimum atomic E-state index is -4.52. The van der Waals surface area contributed by atoms with E-state index in [-0.39, 0.29) is 80.0 Å². The van der Waals surface area contributed by atoms with Crippen LogP contribution in [0.4, 0.5) is 93.0 Å². The van der Waals surface area contributed by atoms with E-state index in [2.05, 4.69) is 86.7 Å². The molecular weight excluding hydrogens is 1540 g/mol. The molecule has 4 saturated heterocycles. The molecule has 0 saturated carbocycles. The highest BCUT2D eigenvalue weighted by Crippen LogP contribution is 2.43. The Morgan fingerprint density at radius 1 is 0.373 bits per heavy atom. The van der Waals surface area contributed by atoms with Crippen LogP contribution in [0.3, 0.4) is 0 Å². The number of aliphatic hydroxyl groups is 2. The van der Waals surface area contributed by atoms with Gasteiger partial charge in [0.1, 0.15) is 11.5 Å². The summed E-state index contributed by atoms with van der Waals surface area (Å²) in [5, 5.41) is 19.5. The van der Waals surface area contributed by atoms with Crippen molar-refractivity contribution in [2.45, 2.75) is 239 Å². The second-order valence-electron chi connectivity index (χ2n) is 30.3. The number of methoxy groups -OCH3 is 3. The molecule has 0 bridgehead atoms. The van der Waals surface area contributed by atoms with E-state index in [1.165, 1.54) is 57.7 Å². The molecule has 0 amide bonds. The van der Waals surface area contributed by atoms with Gasteiger partial charge in [-0.15, -0.1) is 11.6 Å². The van der Waals surface area contributed by atoms with Crippen LogP contribution in [0.15, 0.2) is 91.0 Å². The summed E-state index contributed by atoms with van der Waals surface area (Å²) < 4.78 is 238. The van der Waals surface area contributed by atoms with Crippen molar-refractivity contribution in [3.63, 3.8) is 0 Å². The summed E-state index contributed by atoms with van der Waals surface area (Å²) in [4.78, 5) is 7.73. The van der Waals surface area contributed by atoms with Crippen LogP contribution in [0.2, 0.25) is 34.8 Å². The first kappa shape index (κ1) is 100. The molecule has 0 aromatic heterocycles. The first-order valence-electron chi connectivity index (χ1n) is 35.6. The molecule has 4 aliphatic rings. The van der Waals surface area contributed by atoms with E-state index in [0.717, 1.165) is 92.6 Å². The molecule has 5 aromatic carbocycles. The van der Waals surface area contributed by atoms with Gasteiger partial charge in [-0.2, -0.15) is 65.9 Å². The third-order valence-electron chi connectivity index (χ3n) is 19.6. The van der Waals surface area contributed by atoms with E-state index in [4.69, 9.17) is 34.4 Å². The fourth-order valence-corrected chi connectivity index (χ4v) is 15.7. The predicted octanol–water partition coefficient (Wildman–Crippen LogP) is 22.2. The van der Waals surface area contributed by atoms with Crippen LogP contribution in [0.25, 0.3) is 0 Å².